The van der Waals surface area contributed by atoms with Crippen LogP contribution in [0.4, 0.5) is 5.69 Å². The van der Waals surface area contributed by atoms with E-state index in [0.29, 0.717) is 45.6 Å². The van der Waals surface area contributed by atoms with Crippen LogP contribution < -0.4 is 15.6 Å². The van der Waals surface area contributed by atoms with E-state index in [1.807, 2.05) is 25.1 Å². The van der Waals surface area contributed by atoms with Gasteiger partial charge in [0.2, 0.25) is 5.91 Å². The van der Waals surface area contributed by atoms with Crippen LogP contribution in [0.25, 0.3) is 16.6 Å². The van der Waals surface area contributed by atoms with E-state index in [-0.39, 0.29) is 17.2 Å². The summed E-state index contributed by atoms with van der Waals surface area (Å²) in [6, 6.07) is 14.4. The van der Waals surface area contributed by atoms with Crippen LogP contribution >= 0.6 is 11.8 Å². The van der Waals surface area contributed by atoms with Gasteiger partial charge in [0, 0.05) is 0 Å². The number of hydrogen-bond donors (Lipinski definition) is 1. The van der Waals surface area contributed by atoms with Crippen molar-refractivity contribution in [2.45, 2.75) is 19.0 Å². The lowest BCUT2D eigenvalue weighted by Gasteiger charge is -2.14. The predicted molar refractivity (Wildman–Crippen MR) is 138 cm³/mol. The maximum atomic E-state index is 13.4. The van der Waals surface area contributed by atoms with Crippen molar-refractivity contribution in [2.24, 2.45) is 0 Å². The molecule has 0 aliphatic carbocycles. The summed E-state index contributed by atoms with van der Waals surface area (Å²) >= 11 is 1.16. The normalized spacial score (nSPS) is 11.9. The van der Waals surface area contributed by atoms with Crippen molar-refractivity contribution in [3.8, 4) is 5.75 Å². The van der Waals surface area contributed by atoms with E-state index in [4.69, 9.17) is 9.47 Å². The second-order valence-electron chi connectivity index (χ2n) is 7.10. The summed E-state index contributed by atoms with van der Waals surface area (Å²) in [5.74, 6) is 1.07. The van der Waals surface area contributed by atoms with Gasteiger partial charge in [-0.1, -0.05) is 42.6 Å². The molecule has 0 saturated heterocycles. The predicted octanol–water partition coefficient (Wildman–Crippen LogP) is 5.10. The van der Waals surface area contributed by atoms with Crippen LogP contribution in [0.3, 0.4) is 0 Å². The first kappa shape index (κ1) is 24.9. The Bertz CT molecular complexity index is 1310. The molecule has 8 heteroatoms. The van der Waals surface area contributed by atoms with Crippen molar-refractivity contribution >= 4 is 40.0 Å². The molecule has 0 unspecified atom stereocenters. The van der Waals surface area contributed by atoms with E-state index in [1.54, 1.807) is 62.6 Å². The Morgan fingerprint density at radius 2 is 1.91 bits per heavy atom. The van der Waals surface area contributed by atoms with E-state index < -0.39 is 0 Å². The molecule has 2 aromatic carbocycles. The number of carbonyl (C=O) groups is 1. The second kappa shape index (κ2) is 11.9. The number of hydrogen-bond acceptors (Lipinski definition) is 6. The lowest BCUT2D eigenvalue weighted by atomic mass is 10.2. The zero-order valence-corrected chi connectivity index (χ0v) is 20.2. The molecular weight excluding hydrogens is 450 g/mol. The van der Waals surface area contributed by atoms with Crippen LogP contribution in [0.15, 0.2) is 89.0 Å². The Morgan fingerprint density at radius 1 is 1.18 bits per heavy atom. The molecule has 0 aliphatic rings. The smallest absolute Gasteiger partial charge is 0.266 e. The summed E-state index contributed by atoms with van der Waals surface area (Å²) in [5, 5.41) is 3.72. The summed E-state index contributed by atoms with van der Waals surface area (Å²) in [6.45, 7) is 8.03. The SMILES string of the molecule is C=CC(=CC=C(C)OC)n1c(SCC(=O)Nc2ccccc2OCC)nc2ccccc2c1=O. The summed E-state index contributed by atoms with van der Waals surface area (Å²) in [5.41, 5.74) is 1.42. The number of ether oxygens (including phenoxy) is 2. The zero-order chi connectivity index (χ0) is 24.5. The number of carbonyl (C=O) groups excluding carboxylic acids is 1. The fraction of sp³-hybridized carbons (Fsp3) is 0.192. The standard InChI is InChI=1S/C26H27N3O4S/c1-5-19(16-15-18(3)32-4)29-25(31)20-11-7-8-12-21(20)28-26(29)34-17-24(30)27-22-13-9-10-14-23(22)33-6-2/h5,7-16H,1,6,17H2,2-4H3,(H,27,30). The average Bonchev–Trinajstić information content (AvgIpc) is 2.85. The number of thioether (sulfide) groups is 1. The van der Waals surface area contributed by atoms with Crippen LogP contribution in [-0.4, -0.2) is 34.9 Å². The quantitative estimate of drug-likeness (QED) is 0.189. The molecule has 3 rings (SSSR count). The highest BCUT2D eigenvalue weighted by Gasteiger charge is 2.16. The minimum atomic E-state index is -0.246. The third-order valence-electron chi connectivity index (χ3n) is 4.82. The summed E-state index contributed by atoms with van der Waals surface area (Å²) in [6.07, 6.45) is 5.04. The Hall–Kier alpha value is -3.78. The molecule has 0 spiro atoms. The van der Waals surface area contributed by atoms with Crippen LogP contribution in [0.1, 0.15) is 13.8 Å². The van der Waals surface area contributed by atoms with Gasteiger partial charge in [-0.15, -0.1) is 0 Å². The molecule has 0 fully saturated rings. The second-order valence-corrected chi connectivity index (χ2v) is 8.04. The molecule has 1 heterocycles. The molecule has 3 aromatic rings. The van der Waals surface area contributed by atoms with Crippen LogP contribution in [0.5, 0.6) is 5.75 Å². The maximum Gasteiger partial charge on any atom is 0.266 e. The molecule has 0 radical (unpaired) electrons. The first-order valence-electron chi connectivity index (χ1n) is 10.7. The van der Waals surface area contributed by atoms with Crippen molar-refractivity contribution in [3.05, 3.63) is 89.5 Å². The number of benzene rings is 2. The lowest BCUT2D eigenvalue weighted by Crippen LogP contribution is -2.23. The molecule has 0 atom stereocenters. The number of anilines is 1. The number of nitrogens with one attached hydrogen (secondary N) is 1. The zero-order valence-electron chi connectivity index (χ0n) is 19.4. The van der Waals surface area contributed by atoms with Gasteiger partial charge in [0.05, 0.1) is 47.5 Å². The third-order valence-corrected chi connectivity index (χ3v) is 5.75. The fourth-order valence-corrected chi connectivity index (χ4v) is 3.92. The van der Waals surface area contributed by atoms with Crippen LogP contribution in [-0.2, 0) is 9.53 Å². The summed E-state index contributed by atoms with van der Waals surface area (Å²) in [7, 11) is 1.57. The molecule has 0 saturated carbocycles. The highest BCUT2D eigenvalue weighted by Crippen LogP contribution is 2.25. The third kappa shape index (κ3) is 5.96. The van der Waals surface area contributed by atoms with E-state index in [9.17, 15) is 9.59 Å². The molecule has 1 amide bonds. The van der Waals surface area contributed by atoms with Crippen LogP contribution in [0.2, 0.25) is 0 Å². The van der Waals surface area contributed by atoms with Gasteiger partial charge in [-0.25, -0.2) is 4.98 Å². The molecule has 1 N–H and O–H groups in total. The maximum absolute atomic E-state index is 13.4. The fourth-order valence-electron chi connectivity index (χ4n) is 3.11. The van der Waals surface area contributed by atoms with E-state index in [2.05, 4.69) is 16.9 Å². The Kier molecular flexibility index (Phi) is 8.70. The number of allylic oxidation sites excluding steroid dienone is 5. The lowest BCUT2D eigenvalue weighted by molar-refractivity contribution is -0.113. The minimum absolute atomic E-state index is 0.0442. The number of nitrogens with zero attached hydrogens (tertiary/aromatic N) is 2. The van der Waals surface area contributed by atoms with Crippen molar-refractivity contribution in [2.75, 3.05) is 24.8 Å². The molecule has 0 bridgehead atoms. The molecular formula is C26H27N3O4S. The topological polar surface area (TPSA) is 82.4 Å². The average molecular weight is 478 g/mol. The largest absolute Gasteiger partial charge is 0.501 e. The highest BCUT2D eigenvalue weighted by molar-refractivity contribution is 7.99. The first-order chi connectivity index (χ1) is 16.5. The number of amides is 1. The van der Waals surface area contributed by atoms with Gasteiger partial charge in [-0.2, -0.15) is 0 Å². The van der Waals surface area contributed by atoms with Gasteiger partial charge in [0.1, 0.15) is 5.75 Å². The Labute approximate surface area is 202 Å². The van der Waals surface area contributed by atoms with E-state index in [1.165, 1.54) is 4.57 Å². The number of aromatic nitrogens is 2. The first-order valence-corrected chi connectivity index (χ1v) is 11.7. The highest BCUT2D eigenvalue weighted by atomic mass is 32.2. The van der Waals surface area contributed by atoms with Gasteiger partial charge in [0.25, 0.3) is 5.56 Å². The van der Waals surface area contributed by atoms with Gasteiger partial charge >= 0.3 is 0 Å². The molecule has 0 aliphatic heterocycles. The van der Waals surface area contributed by atoms with Crippen molar-refractivity contribution < 1.29 is 14.3 Å². The van der Waals surface area contributed by atoms with Crippen molar-refractivity contribution in [1.82, 2.24) is 9.55 Å². The van der Waals surface area contributed by atoms with Crippen molar-refractivity contribution in [3.63, 3.8) is 0 Å². The number of fused-ring (bicyclic) bond motifs is 1. The van der Waals surface area contributed by atoms with Gasteiger partial charge in [-0.3, -0.25) is 14.2 Å². The molecule has 7 nitrogen and oxygen atoms in total. The van der Waals surface area contributed by atoms with Crippen molar-refractivity contribution in [1.29, 1.82) is 0 Å². The Balaban J connectivity index is 1.95. The number of para-hydroxylation sites is 3. The van der Waals surface area contributed by atoms with E-state index in [0.717, 1.165) is 11.8 Å². The van der Waals surface area contributed by atoms with Gasteiger partial charge in [-0.05, 0) is 56.3 Å². The monoisotopic (exact) mass is 477 g/mol. The summed E-state index contributed by atoms with van der Waals surface area (Å²) < 4.78 is 12.2. The van der Waals surface area contributed by atoms with E-state index >= 15 is 0 Å². The molecule has 176 valence electrons. The van der Waals surface area contributed by atoms with Gasteiger partial charge < -0.3 is 14.8 Å². The minimum Gasteiger partial charge on any atom is -0.501 e. The summed E-state index contributed by atoms with van der Waals surface area (Å²) in [4.78, 5) is 30.8. The Morgan fingerprint density at radius 3 is 2.65 bits per heavy atom. The molecule has 34 heavy (non-hydrogen) atoms. The van der Waals surface area contributed by atoms with Crippen LogP contribution in [0, 0.1) is 0 Å². The van der Waals surface area contributed by atoms with Gasteiger partial charge in [0.15, 0.2) is 5.16 Å². The number of methoxy groups -OCH3 is 1. The number of rotatable bonds is 10. The molecule has 1 aromatic heterocycles.